The van der Waals surface area contributed by atoms with Crippen molar-refractivity contribution < 1.29 is 14.3 Å². The fourth-order valence-electron chi connectivity index (χ4n) is 2.66. The molecule has 92 valence electrons. The zero-order valence-corrected chi connectivity index (χ0v) is 10.5. The summed E-state index contributed by atoms with van der Waals surface area (Å²) in [5.74, 6) is 0.251. The van der Waals surface area contributed by atoms with E-state index in [1.807, 2.05) is 0 Å². The molecule has 0 aromatic carbocycles. The van der Waals surface area contributed by atoms with E-state index < -0.39 is 0 Å². The molecule has 0 spiro atoms. The molecule has 0 radical (unpaired) electrons. The van der Waals surface area contributed by atoms with Crippen LogP contribution in [0.1, 0.15) is 29.2 Å². The predicted molar refractivity (Wildman–Crippen MR) is 65.6 cm³/mol. The van der Waals surface area contributed by atoms with E-state index in [4.69, 9.17) is 9.47 Å². The van der Waals surface area contributed by atoms with Gasteiger partial charge in [0.05, 0.1) is 19.8 Å². The number of ether oxygens (including phenoxy) is 2. The Morgan fingerprint density at radius 1 is 1.41 bits per heavy atom. The summed E-state index contributed by atoms with van der Waals surface area (Å²) in [6.45, 7) is 1.58. The van der Waals surface area contributed by atoms with Crippen molar-refractivity contribution in [2.45, 2.75) is 31.3 Å². The molecule has 1 fully saturated rings. The number of hydrogen-bond donors (Lipinski definition) is 0. The van der Waals surface area contributed by atoms with Crippen LogP contribution in [0.3, 0.4) is 0 Å². The van der Waals surface area contributed by atoms with Crippen LogP contribution < -0.4 is 0 Å². The lowest BCUT2D eigenvalue weighted by Gasteiger charge is -2.28. The highest BCUT2D eigenvalue weighted by atomic mass is 32.1. The van der Waals surface area contributed by atoms with Crippen LogP contribution in [0.15, 0.2) is 11.4 Å². The largest absolute Gasteiger partial charge is 0.376 e. The Hall–Kier alpha value is -0.710. The maximum atomic E-state index is 12.4. The average molecular weight is 252 g/mol. The van der Waals surface area contributed by atoms with Gasteiger partial charge in [0, 0.05) is 10.8 Å². The van der Waals surface area contributed by atoms with E-state index in [0.29, 0.717) is 19.8 Å². The minimum absolute atomic E-state index is 0.0386. The summed E-state index contributed by atoms with van der Waals surface area (Å²) in [7, 11) is 0. The van der Waals surface area contributed by atoms with Crippen LogP contribution in [-0.4, -0.2) is 31.7 Å². The van der Waals surface area contributed by atoms with Crippen LogP contribution in [0, 0.1) is 0 Å². The van der Waals surface area contributed by atoms with Crippen molar-refractivity contribution in [3.63, 3.8) is 0 Å². The van der Waals surface area contributed by atoms with Gasteiger partial charge in [-0.1, -0.05) is 0 Å². The van der Waals surface area contributed by atoms with Crippen LogP contribution in [0.2, 0.25) is 0 Å². The summed E-state index contributed by atoms with van der Waals surface area (Å²) in [5.41, 5.74) is 1.24. The van der Waals surface area contributed by atoms with Gasteiger partial charge in [-0.25, -0.2) is 0 Å². The summed E-state index contributed by atoms with van der Waals surface area (Å²) in [6.07, 6.45) is 2.85. The summed E-state index contributed by atoms with van der Waals surface area (Å²) in [5, 5.41) is 2.09. The molecule has 0 N–H and O–H groups in total. The second-order valence-electron chi connectivity index (χ2n) is 4.58. The second-order valence-corrected chi connectivity index (χ2v) is 5.58. The number of carbonyl (C=O) groups is 1. The molecule has 2 atom stereocenters. The molecule has 1 saturated heterocycles. The lowest BCUT2D eigenvalue weighted by Crippen LogP contribution is -2.38. The Morgan fingerprint density at radius 2 is 2.35 bits per heavy atom. The van der Waals surface area contributed by atoms with E-state index in [0.717, 1.165) is 19.3 Å². The molecule has 0 saturated carbocycles. The fraction of sp³-hybridized carbons (Fsp3) is 0.615. The molecule has 0 bridgehead atoms. The molecule has 17 heavy (non-hydrogen) atoms. The first-order chi connectivity index (χ1) is 8.36. The molecule has 3 nitrogen and oxygen atoms in total. The van der Waals surface area contributed by atoms with Crippen molar-refractivity contribution in [3.8, 4) is 0 Å². The van der Waals surface area contributed by atoms with Crippen LogP contribution >= 0.6 is 11.3 Å². The molecule has 1 aromatic heterocycles. The van der Waals surface area contributed by atoms with Gasteiger partial charge in [-0.15, -0.1) is 11.3 Å². The van der Waals surface area contributed by atoms with Crippen molar-refractivity contribution >= 4 is 17.1 Å². The fourth-order valence-corrected chi connectivity index (χ4v) is 3.65. The van der Waals surface area contributed by atoms with Crippen molar-refractivity contribution in [1.29, 1.82) is 0 Å². The van der Waals surface area contributed by atoms with Gasteiger partial charge < -0.3 is 9.47 Å². The average Bonchev–Trinajstić information content (AvgIpc) is 2.87. The predicted octanol–water partition coefficient (Wildman–Crippen LogP) is 2.15. The Kier molecular flexibility index (Phi) is 3.27. The Labute approximate surface area is 105 Å². The van der Waals surface area contributed by atoms with Crippen molar-refractivity contribution in [1.82, 2.24) is 0 Å². The number of fused-ring (bicyclic) bond motifs is 1. The van der Waals surface area contributed by atoms with Gasteiger partial charge in [-0.2, -0.15) is 0 Å². The molecular weight excluding hydrogens is 236 g/mol. The second kappa shape index (κ2) is 4.88. The van der Waals surface area contributed by atoms with E-state index in [9.17, 15) is 4.79 Å². The molecule has 1 aliphatic carbocycles. The molecule has 2 heterocycles. The van der Waals surface area contributed by atoms with Crippen LogP contribution in [0.25, 0.3) is 0 Å². The number of thiophene rings is 1. The molecule has 0 amide bonds. The maximum Gasteiger partial charge on any atom is 0.171 e. The summed E-state index contributed by atoms with van der Waals surface area (Å²) < 4.78 is 10.8. The number of carbonyl (C=O) groups excluding carboxylic acids is 1. The third kappa shape index (κ3) is 2.17. The molecule has 2 aliphatic rings. The quantitative estimate of drug-likeness (QED) is 0.809. The van der Waals surface area contributed by atoms with Crippen molar-refractivity contribution in [3.05, 3.63) is 21.9 Å². The third-order valence-electron chi connectivity index (χ3n) is 3.53. The van der Waals surface area contributed by atoms with Crippen LogP contribution in [0.4, 0.5) is 0 Å². The highest BCUT2D eigenvalue weighted by molar-refractivity contribution is 7.10. The van der Waals surface area contributed by atoms with Gasteiger partial charge in [0.25, 0.3) is 0 Å². The minimum Gasteiger partial charge on any atom is -0.376 e. The first-order valence-electron chi connectivity index (χ1n) is 6.15. The van der Waals surface area contributed by atoms with E-state index in [1.54, 1.807) is 11.3 Å². The first-order valence-corrected chi connectivity index (χ1v) is 7.03. The van der Waals surface area contributed by atoms with Crippen molar-refractivity contribution in [2.24, 2.45) is 0 Å². The number of aryl methyl sites for hydroxylation is 1. The van der Waals surface area contributed by atoms with Gasteiger partial charge in [-0.3, -0.25) is 4.79 Å². The smallest absolute Gasteiger partial charge is 0.171 e. The number of Topliss-reactive ketones (excluding diaryl/α,β-unsaturated/α-hetero) is 1. The number of hydrogen-bond acceptors (Lipinski definition) is 4. The Bertz CT molecular complexity index is 407. The Balaban J connectivity index is 1.79. The van der Waals surface area contributed by atoms with Gasteiger partial charge in [-0.05, 0) is 36.3 Å². The zero-order chi connectivity index (χ0) is 11.7. The Morgan fingerprint density at radius 3 is 3.18 bits per heavy atom. The van der Waals surface area contributed by atoms with Gasteiger partial charge >= 0.3 is 0 Å². The van der Waals surface area contributed by atoms with E-state index in [1.165, 1.54) is 10.4 Å². The summed E-state index contributed by atoms with van der Waals surface area (Å²) >= 11 is 1.77. The van der Waals surface area contributed by atoms with Gasteiger partial charge in [0.2, 0.25) is 0 Å². The van der Waals surface area contributed by atoms with E-state index >= 15 is 0 Å². The maximum absolute atomic E-state index is 12.4. The molecule has 4 heteroatoms. The SMILES string of the molecule is O=C(C1COCCO1)C1CCCc2sccc21. The van der Waals surface area contributed by atoms with Crippen LogP contribution in [0.5, 0.6) is 0 Å². The van der Waals surface area contributed by atoms with Gasteiger partial charge in [0.15, 0.2) is 5.78 Å². The molecule has 2 unspecified atom stereocenters. The molecule has 1 aromatic rings. The molecular formula is C13H16O3S. The number of ketones is 1. The van der Waals surface area contributed by atoms with E-state index in [2.05, 4.69) is 11.4 Å². The normalized spacial score (nSPS) is 28.7. The molecule has 3 rings (SSSR count). The van der Waals surface area contributed by atoms with E-state index in [-0.39, 0.29) is 17.8 Å². The summed E-state index contributed by atoms with van der Waals surface area (Å²) in [6, 6.07) is 2.10. The minimum atomic E-state index is -0.348. The summed E-state index contributed by atoms with van der Waals surface area (Å²) in [4.78, 5) is 13.8. The monoisotopic (exact) mass is 252 g/mol. The third-order valence-corrected chi connectivity index (χ3v) is 4.53. The molecule has 1 aliphatic heterocycles. The standard InChI is InChI=1S/C13H16O3S/c14-13(11-8-15-5-6-16-11)10-2-1-3-12-9(10)4-7-17-12/h4,7,10-11H,1-3,5-6,8H2. The lowest BCUT2D eigenvalue weighted by molar-refractivity contribution is -0.147. The zero-order valence-electron chi connectivity index (χ0n) is 9.69. The van der Waals surface area contributed by atoms with Crippen LogP contribution in [-0.2, 0) is 20.7 Å². The van der Waals surface area contributed by atoms with Crippen molar-refractivity contribution in [2.75, 3.05) is 19.8 Å². The topological polar surface area (TPSA) is 35.5 Å². The number of rotatable bonds is 2. The van der Waals surface area contributed by atoms with Gasteiger partial charge in [0.1, 0.15) is 6.10 Å². The first kappa shape index (κ1) is 11.4. The highest BCUT2D eigenvalue weighted by Crippen LogP contribution is 2.36. The highest BCUT2D eigenvalue weighted by Gasteiger charge is 2.33. The lowest BCUT2D eigenvalue weighted by atomic mass is 9.83.